The monoisotopic (exact) mass is 353 g/mol. The molecule has 2 heterocycles. The van der Waals surface area contributed by atoms with E-state index in [4.69, 9.17) is 4.42 Å². The van der Waals surface area contributed by atoms with Crippen LogP contribution in [0.2, 0.25) is 0 Å². The SMILES string of the molecule is CCN(CC)C(=O)[C@@H]1C[C@@H](NC(=O)c2ccc(CSC)o2)CN1C. The van der Waals surface area contributed by atoms with Crippen LogP contribution in [0.15, 0.2) is 16.5 Å². The smallest absolute Gasteiger partial charge is 0.287 e. The second-order valence-corrected chi connectivity index (χ2v) is 6.94. The number of likely N-dealkylation sites (N-methyl/N-ethyl adjacent to an activating group) is 2. The van der Waals surface area contributed by atoms with Crippen molar-refractivity contribution in [2.75, 3.05) is 32.9 Å². The van der Waals surface area contributed by atoms with Gasteiger partial charge in [0.1, 0.15) is 5.76 Å². The fourth-order valence-corrected chi connectivity index (χ4v) is 3.55. The van der Waals surface area contributed by atoms with Crippen LogP contribution in [0.1, 0.15) is 36.6 Å². The van der Waals surface area contributed by atoms with Gasteiger partial charge in [0.2, 0.25) is 5.91 Å². The zero-order valence-electron chi connectivity index (χ0n) is 14.9. The Bertz CT molecular complexity index is 571. The van der Waals surface area contributed by atoms with Gasteiger partial charge in [0.05, 0.1) is 11.8 Å². The van der Waals surface area contributed by atoms with E-state index < -0.39 is 0 Å². The molecule has 6 nitrogen and oxygen atoms in total. The molecule has 1 N–H and O–H groups in total. The highest BCUT2D eigenvalue weighted by molar-refractivity contribution is 7.97. The number of hydrogen-bond acceptors (Lipinski definition) is 5. The third kappa shape index (κ3) is 4.33. The molecule has 0 spiro atoms. The van der Waals surface area contributed by atoms with E-state index >= 15 is 0 Å². The van der Waals surface area contributed by atoms with Crippen LogP contribution in [0.25, 0.3) is 0 Å². The molecule has 24 heavy (non-hydrogen) atoms. The van der Waals surface area contributed by atoms with E-state index in [1.54, 1.807) is 17.8 Å². The quantitative estimate of drug-likeness (QED) is 0.810. The van der Waals surface area contributed by atoms with E-state index in [1.165, 1.54) is 0 Å². The summed E-state index contributed by atoms with van der Waals surface area (Å²) in [6.07, 6.45) is 2.62. The molecule has 2 rings (SSSR count). The summed E-state index contributed by atoms with van der Waals surface area (Å²) in [7, 11) is 1.93. The minimum Gasteiger partial charge on any atom is -0.455 e. The maximum Gasteiger partial charge on any atom is 0.287 e. The van der Waals surface area contributed by atoms with Crippen molar-refractivity contribution in [3.8, 4) is 0 Å². The molecule has 0 saturated carbocycles. The molecule has 0 radical (unpaired) electrons. The predicted octanol–water partition coefficient (Wildman–Crippen LogP) is 1.81. The van der Waals surface area contributed by atoms with E-state index in [0.29, 0.717) is 31.8 Å². The second kappa shape index (κ2) is 8.58. The topological polar surface area (TPSA) is 65.8 Å². The van der Waals surface area contributed by atoms with Crippen molar-refractivity contribution in [2.45, 2.75) is 38.1 Å². The Balaban J connectivity index is 1.94. The Kier molecular flexibility index (Phi) is 6.74. The number of likely N-dealkylation sites (tertiary alicyclic amines) is 1. The summed E-state index contributed by atoms with van der Waals surface area (Å²) in [5.74, 6) is 1.81. The minimum atomic E-state index is -0.211. The number of rotatable bonds is 7. The van der Waals surface area contributed by atoms with Gasteiger partial charge in [-0.2, -0.15) is 11.8 Å². The lowest BCUT2D eigenvalue weighted by molar-refractivity contribution is -0.135. The highest BCUT2D eigenvalue weighted by Crippen LogP contribution is 2.19. The first-order valence-electron chi connectivity index (χ1n) is 8.37. The molecule has 0 bridgehead atoms. The molecule has 1 aliphatic heterocycles. The molecule has 0 unspecified atom stereocenters. The highest BCUT2D eigenvalue weighted by Gasteiger charge is 2.37. The molecular weight excluding hydrogens is 326 g/mol. The van der Waals surface area contributed by atoms with E-state index in [9.17, 15) is 9.59 Å². The summed E-state index contributed by atoms with van der Waals surface area (Å²) in [6, 6.07) is 3.33. The normalized spacial score (nSPS) is 21.0. The van der Waals surface area contributed by atoms with Crippen LogP contribution in [0.3, 0.4) is 0 Å². The summed E-state index contributed by atoms with van der Waals surface area (Å²) in [5, 5.41) is 2.99. The van der Waals surface area contributed by atoms with E-state index in [0.717, 1.165) is 11.5 Å². The van der Waals surface area contributed by atoms with E-state index in [1.807, 2.05) is 43.0 Å². The van der Waals surface area contributed by atoms with Crippen LogP contribution in [0, 0.1) is 0 Å². The molecule has 2 amide bonds. The Morgan fingerprint density at radius 3 is 2.71 bits per heavy atom. The third-order valence-electron chi connectivity index (χ3n) is 4.42. The Labute approximate surface area is 147 Å². The Morgan fingerprint density at radius 1 is 1.38 bits per heavy atom. The first kappa shape index (κ1) is 18.9. The molecule has 1 saturated heterocycles. The number of furan rings is 1. The average molecular weight is 353 g/mol. The third-order valence-corrected chi connectivity index (χ3v) is 4.99. The summed E-state index contributed by atoms with van der Waals surface area (Å²) in [4.78, 5) is 28.7. The molecule has 0 aromatic carbocycles. The van der Waals surface area contributed by atoms with Crippen molar-refractivity contribution < 1.29 is 14.0 Å². The summed E-state index contributed by atoms with van der Waals surface area (Å²) < 4.78 is 5.55. The largest absolute Gasteiger partial charge is 0.455 e. The van der Waals surface area contributed by atoms with Gasteiger partial charge < -0.3 is 14.6 Å². The lowest BCUT2D eigenvalue weighted by Gasteiger charge is -2.26. The van der Waals surface area contributed by atoms with Gasteiger partial charge in [0.15, 0.2) is 5.76 Å². The average Bonchev–Trinajstić information content (AvgIpc) is 3.15. The summed E-state index contributed by atoms with van der Waals surface area (Å²) >= 11 is 1.65. The van der Waals surface area contributed by atoms with Gasteiger partial charge in [-0.25, -0.2) is 0 Å². The van der Waals surface area contributed by atoms with Gasteiger partial charge in [-0.05, 0) is 45.7 Å². The van der Waals surface area contributed by atoms with Crippen LogP contribution in [-0.4, -0.2) is 66.6 Å². The minimum absolute atomic E-state index is 0.0406. The van der Waals surface area contributed by atoms with Crippen molar-refractivity contribution in [3.63, 3.8) is 0 Å². The number of thioether (sulfide) groups is 1. The summed E-state index contributed by atoms with van der Waals surface area (Å²) in [6.45, 7) is 6.06. The zero-order chi connectivity index (χ0) is 17.7. The molecule has 134 valence electrons. The van der Waals surface area contributed by atoms with Crippen molar-refractivity contribution in [1.82, 2.24) is 15.1 Å². The number of hydrogen-bond donors (Lipinski definition) is 1. The van der Waals surface area contributed by atoms with Crippen LogP contribution in [-0.2, 0) is 10.5 Å². The van der Waals surface area contributed by atoms with Crippen LogP contribution >= 0.6 is 11.8 Å². The maximum atomic E-state index is 12.5. The van der Waals surface area contributed by atoms with Gasteiger partial charge in [-0.1, -0.05) is 0 Å². The second-order valence-electron chi connectivity index (χ2n) is 6.07. The lowest BCUT2D eigenvalue weighted by Crippen LogP contribution is -2.44. The standard InChI is InChI=1S/C17H27N3O3S/c1-5-20(6-2)17(22)14-9-12(10-19(14)3)18-16(21)15-8-7-13(23-15)11-24-4/h7-8,12,14H,5-6,9-11H2,1-4H3,(H,18,21)/t12-,14+/m1/s1. The summed E-state index contributed by atoms with van der Waals surface area (Å²) in [5.41, 5.74) is 0. The number of nitrogens with zero attached hydrogens (tertiary/aromatic N) is 2. The van der Waals surface area contributed by atoms with Crippen LogP contribution in [0.5, 0.6) is 0 Å². The molecule has 2 atom stereocenters. The molecule has 1 aliphatic rings. The first-order valence-corrected chi connectivity index (χ1v) is 9.77. The van der Waals surface area contributed by atoms with Crippen molar-refractivity contribution >= 4 is 23.6 Å². The van der Waals surface area contributed by atoms with Gasteiger partial charge in [-0.15, -0.1) is 0 Å². The first-order chi connectivity index (χ1) is 11.5. The fourth-order valence-electron chi connectivity index (χ4n) is 3.12. The number of carbonyl (C=O) groups is 2. The molecule has 0 aliphatic carbocycles. The molecule has 1 aromatic rings. The van der Waals surface area contributed by atoms with Gasteiger partial charge >= 0.3 is 0 Å². The Hall–Kier alpha value is -1.47. The molecule has 1 fully saturated rings. The van der Waals surface area contributed by atoms with Gasteiger partial charge in [0.25, 0.3) is 5.91 Å². The predicted molar refractivity (Wildman–Crippen MR) is 96.1 cm³/mol. The lowest BCUT2D eigenvalue weighted by atomic mass is 10.1. The van der Waals surface area contributed by atoms with Gasteiger partial charge in [0, 0.05) is 25.7 Å². The van der Waals surface area contributed by atoms with E-state index in [-0.39, 0.29) is 23.9 Å². The van der Waals surface area contributed by atoms with E-state index in [2.05, 4.69) is 5.32 Å². The van der Waals surface area contributed by atoms with Crippen LogP contribution in [0.4, 0.5) is 0 Å². The molecular formula is C17H27N3O3S. The van der Waals surface area contributed by atoms with Crippen molar-refractivity contribution in [3.05, 3.63) is 23.7 Å². The zero-order valence-corrected chi connectivity index (χ0v) is 15.7. The molecule has 7 heteroatoms. The van der Waals surface area contributed by atoms with Crippen molar-refractivity contribution in [2.24, 2.45) is 0 Å². The molecule has 1 aromatic heterocycles. The number of amides is 2. The number of carbonyl (C=O) groups excluding carboxylic acids is 2. The highest BCUT2D eigenvalue weighted by atomic mass is 32.2. The fraction of sp³-hybridized carbons (Fsp3) is 0.647. The van der Waals surface area contributed by atoms with Gasteiger partial charge in [-0.3, -0.25) is 14.5 Å². The van der Waals surface area contributed by atoms with Crippen LogP contribution < -0.4 is 5.32 Å². The maximum absolute atomic E-state index is 12.5. The van der Waals surface area contributed by atoms with Crippen molar-refractivity contribution in [1.29, 1.82) is 0 Å². The number of nitrogens with one attached hydrogen (secondary N) is 1. The Morgan fingerprint density at radius 2 is 2.08 bits per heavy atom.